The fraction of sp³-hybridized carbons (Fsp3) is 0.458. The van der Waals surface area contributed by atoms with Crippen LogP contribution in [0.2, 0.25) is 0 Å². The van der Waals surface area contributed by atoms with Crippen LogP contribution in [-0.4, -0.2) is 37.0 Å². The predicted molar refractivity (Wildman–Crippen MR) is 120 cm³/mol. The molecule has 1 fully saturated rings. The number of hydrogen-bond acceptors (Lipinski definition) is 3. The highest BCUT2D eigenvalue weighted by Gasteiger charge is 2.37. The molecule has 1 N–H and O–H groups in total. The van der Waals surface area contributed by atoms with Crippen molar-refractivity contribution < 1.29 is 35.9 Å². The van der Waals surface area contributed by atoms with Gasteiger partial charge in [-0.2, -0.15) is 26.3 Å². The molecule has 1 aliphatic rings. The summed E-state index contributed by atoms with van der Waals surface area (Å²) in [5, 5.41) is 2.85. The molecule has 0 radical (unpaired) electrons. The molecular weight excluding hydrogens is 498 g/mol. The Bertz CT molecular complexity index is 967. The van der Waals surface area contributed by atoms with Gasteiger partial charge in [-0.25, -0.2) is 0 Å². The van der Waals surface area contributed by atoms with Gasteiger partial charge in [-0.15, -0.1) is 11.6 Å². The van der Waals surface area contributed by atoms with E-state index in [1.54, 1.807) is 0 Å². The lowest BCUT2D eigenvalue weighted by molar-refractivity contribution is -0.143. The zero-order chi connectivity index (χ0) is 25.8. The number of carbonyl (C=O) groups excluding carboxylic acids is 1. The Morgan fingerprint density at radius 2 is 1.66 bits per heavy atom. The third-order valence-electron chi connectivity index (χ3n) is 5.90. The Morgan fingerprint density at radius 1 is 1.06 bits per heavy atom. The molecule has 3 atom stereocenters. The van der Waals surface area contributed by atoms with Crippen LogP contribution >= 0.6 is 11.6 Å². The fourth-order valence-corrected chi connectivity index (χ4v) is 4.16. The van der Waals surface area contributed by atoms with E-state index in [2.05, 4.69) is 5.32 Å². The highest BCUT2D eigenvalue weighted by atomic mass is 35.5. The number of para-hydroxylation sites is 1. The van der Waals surface area contributed by atoms with Gasteiger partial charge in [-0.05, 0) is 55.7 Å². The Hall–Kier alpha value is -2.46. The van der Waals surface area contributed by atoms with E-state index < -0.39 is 29.6 Å². The zero-order valence-electron chi connectivity index (χ0n) is 18.8. The van der Waals surface area contributed by atoms with E-state index in [9.17, 15) is 31.1 Å². The molecule has 3 rings (SSSR count). The minimum Gasteiger partial charge on any atom is -0.372 e. The maximum absolute atomic E-state index is 13.2. The molecule has 2 aromatic carbocycles. The normalized spacial score (nSPS) is 19.9. The summed E-state index contributed by atoms with van der Waals surface area (Å²) in [6, 6.07) is 10.4. The van der Waals surface area contributed by atoms with Crippen LogP contribution in [0.4, 0.5) is 32.0 Å². The molecule has 11 heteroatoms. The number of benzene rings is 2. The summed E-state index contributed by atoms with van der Waals surface area (Å²) in [5.41, 5.74) is -2.10. The largest absolute Gasteiger partial charge is 0.416 e. The lowest BCUT2D eigenvalue weighted by Gasteiger charge is -2.41. The van der Waals surface area contributed by atoms with E-state index in [-0.39, 0.29) is 42.1 Å². The number of alkyl halides is 7. The van der Waals surface area contributed by atoms with E-state index in [1.165, 1.54) is 6.92 Å². The summed E-state index contributed by atoms with van der Waals surface area (Å²) in [6.45, 7) is 1.95. The molecule has 1 unspecified atom stereocenters. The molecule has 0 aliphatic carbocycles. The molecule has 1 saturated heterocycles. The van der Waals surface area contributed by atoms with Crippen molar-refractivity contribution in [2.75, 3.05) is 23.9 Å². The molecule has 4 nitrogen and oxygen atoms in total. The number of ether oxygens (including phenoxy) is 1. The van der Waals surface area contributed by atoms with E-state index >= 15 is 0 Å². The van der Waals surface area contributed by atoms with Gasteiger partial charge in [0, 0.05) is 18.3 Å². The third kappa shape index (κ3) is 7.27. The van der Waals surface area contributed by atoms with E-state index in [0.717, 1.165) is 5.69 Å². The van der Waals surface area contributed by atoms with Crippen molar-refractivity contribution in [2.24, 2.45) is 0 Å². The van der Waals surface area contributed by atoms with Gasteiger partial charge in [0.25, 0.3) is 0 Å². The first kappa shape index (κ1) is 27.1. The van der Waals surface area contributed by atoms with Crippen LogP contribution in [0.1, 0.15) is 42.6 Å². The van der Waals surface area contributed by atoms with Crippen molar-refractivity contribution in [1.82, 2.24) is 5.32 Å². The smallest absolute Gasteiger partial charge is 0.372 e. The molecule has 1 aliphatic heterocycles. The van der Waals surface area contributed by atoms with Crippen LogP contribution in [0.5, 0.6) is 0 Å². The summed E-state index contributed by atoms with van der Waals surface area (Å²) in [5.74, 6) is -0.457. The average molecular weight is 523 g/mol. The second-order valence-electron chi connectivity index (χ2n) is 8.43. The lowest BCUT2D eigenvalue weighted by Crippen LogP contribution is -2.53. The summed E-state index contributed by atoms with van der Waals surface area (Å²) < 4.78 is 85.1. The van der Waals surface area contributed by atoms with Gasteiger partial charge in [0.2, 0.25) is 5.91 Å². The summed E-state index contributed by atoms with van der Waals surface area (Å²) in [6.07, 6.45) is -9.65. The maximum Gasteiger partial charge on any atom is 0.416 e. The minimum atomic E-state index is -4.92. The quantitative estimate of drug-likeness (QED) is 0.348. The van der Waals surface area contributed by atoms with Crippen LogP contribution in [0.15, 0.2) is 48.5 Å². The number of anilines is 1. The summed E-state index contributed by atoms with van der Waals surface area (Å²) in [4.78, 5) is 13.7. The molecule has 1 amide bonds. The van der Waals surface area contributed by atoms with Gasteiger partial charge in [-0.1, -0.05) is 18.2 Å². The highest BCUT2D eigenvalue weighted by molar-refractivity contribution is 6.27. The fourth-order valence-electron chi connectivity index (χ4n) is 4.09. The van der Waals surface area contributed by atoms with E-state index in [4.69, 9.17) is 16.3 Å². The number of nitrogens with one attached hydrogen (secondary N) is 1. The Kier molecular flexibility index (Phi) is 8.58. The molecule has 0 saturated carbocycles. The molecule has 35 heavy (non-hydrogen) atoms. The number of amides is 1. The van der Waals surface area contributed by atoms with Gasteiger partial charge in [0.05, 0.1) is 29.9 Å². The molecule has 2 aromatic rings. The number of nitrogens with zero attached hydrogens (tertiary/aromatic N) is 1. The number of carbonyl (C=O) groups is 1. The van der Waals surface area contributed by atoms with Crippen molar-refractivity contribution in [3.63, 3.8) is 0 Å². The van der Waals surface area contributed by atoms with Crippen molar-refractivity contribution >= 4 is 23.2 Å². The van der Waals surface area contributed by atoms with Crippen LogP contribution < -0.4 is 10.2 Å². The predicted octanol–water partition coefficient (Wildman–Crippen LogP) is 6.19. The molecule has 1 heterocycles. The Labute approximate surface area is 204 Å². The maximum atomic E-state index is 13.2. The zero-order valence-corrected chi connectivity index (χ0v) is 19.6. The Morgan fingerprint density at radius 3 is 2.20 bits per heavy atom. The standard InChI is InChI=1S/C24H25ClF6N2O2/c1-15(16-9-17(23(26,27)28)11-18(10-16)24(29,30)31)35-14-21-8-7-19(32-22(34)12-25)13-33(21)20-5-3-2-4-6-20/h2-6,9-11,15,19,21H,7-8,12-14H2,1H3,(H,32,34)/t15?,19-,21+/m0/s1. The molecular formula is C24H25ClF6N2O2. The van der Waals surface area contributed by atoms with Crippen LogP contribution in [-0.2, 0) is 21.9 Å². The molecule has 192 valence electrons. The number of rotatable bonds is 7. The monoisotopic (exact) mass is 522 g/mol. The Balaban J connectivity index is 1.77. The van der Waals surface area contributed by atoms with Crippen LogP contribution in [0, 0.1) is 0 Å². The lowest BCUT2D eigenvalue weighted by atomic mass is 9.97. The second-order valence-corrected chi connectivity index (χ2v) is 8.70. The van der Waals surface area contributed by atoms with Gasteiger partial charge < -0.3 is 15.0 Å². The number of hydrogen-bond donors (Lipinski definition) is 1. The summed E-state index contributed by atoms with van der Waals surface area (Å²) >= 11 is 5.59. The first-order chi connectivity index (χ1) is 16.4. The summed E-state index contributed by atoms with van der Waals surface area (Å²) in [7, 11) is 0. The average Bonchev–Trinajstić information content (AvgIpc) is 2.82. The van der Waals surface area contributed by atoms with E-state index in [0.29, 0.717) is 31.5 Å². The molecule has 0 bridgehead atoms. The third-order valence-corrected chi connectivity index (χ3v) is 6.14. The first-order valence-corrected chi connectivity index (χ1v) is 11.5. The second kappa shape index (κ2) is 11.1. The highest BCUT2D eigenvalue weighted by Crippen LogP contribution is 2.38. The van der Waals surface area contributed by atoms with E-state index in [1.807, 2.05) is 35.2 Å². The molecule has 0 spiro atoms. The van der Waals surface area contributed by atoms with Gasteiger partial charge >= 0.3 is 12.4 Å². The van der Waals surface area contributed by atoms with Gasteiger partial charge in [-0.3, -0.25) is 4.79 Å². The van der Waals surface area contributed by atoms with Gasteiger partial charge in [0.15, 0.2) is 0 Å². The molecule has 0 aromatic heterocycles. The number of piperidine rings is 1. The van der Waals surface area contributed by atoms with Gasteiger partial charge in [0.1, 0.15) is 5.88 Å². The van der Waals surface area contributed by atoms with Crippen LogP contribution in [0.25, 0.3) is 0 Å². The van der Waals surface area contributed by atoms with Crippen LogP contribution in [0.3, 0.4) is 0 Å². The van der Waals surface area contributed by atoms with Crippen molar-refractivity contribution in [1.29, 1.82) is 0 Å². The first-order valence-electron chi connectivity index (χ1n) is 11.0. The van der Waals surface area contributed by atoms with Crippen molar-refractivity contribution in [3.8, 4) is 0 Å². The topological polar surface area (TPSA) is 41.6 Å². The number of halogens is 7. The van der Waals surface area contributed by atoms with Crippen molar-refractivity contribution in [3.05, 3.63) is 65.2 Å². The SMILES string of the molecule is CC(OC[C@H]1CC[C@H](NC(=O)CCl)CN1c1ccccc1)c1cc(C(F)(F)F)cc(C(F)(F)F)c1. The minimum absolute atomic E-state index is 0.0732. The van der Waals surface area contributed by atoms with Crippen molar-refractivity contribution in [2.45, 2.75) is 50.3 Å².